The normalized spacial score (nSPS) is 12.7. The first-order chi connectivity index (χ1) is 22.2. The van der Waals surface area contributed by atoms with Crippen LogP contribution in [0.1, 0.15) is 23.2 Å². The second-order valence-corrected chi connectivity index (χ2v) is 10.0. The van der Waals surface area contributed by atoms with Gasteiger partial charge in [0.25, 0.3) is 0 Å². The van der Waals surface area contributed by atoms with Crippen LogP contribution in [0.3, 0.4) is 0 Å². The van der Waals surface area contributed by atoms with Crippen molar-refractivity contribution in [2.24, 2.45) is 0 Å². The van der Waals surface area contributed by atoms with Crippen LogP contribution < -0.4 is 20.7 Å². The number of nitrogens with zero attached hydrogens (tertiary/aromatic N) is 3. The van der Waals surface area contributed by atoms with Crippen LogP contribution in [-0.4, -0.2) is 56.2 Å². The zero-order valence-electron chi connectivity index (χ0n) is 23.8. The van der Waals surface area contributed by atoms with E-state index in [4.69, 9.17) is 26.2 Å². The number of carboxylic acids is 1. The molecule has 3 heterocycles. The van der Waals surface area contributed by atoms with Gasteiger partial charge in [0.05, 0.1) is 22.5 Å². The number of carbonyl (C=O) groups excluding carboxylic acids is 1. The highest BCUT2D eigenvalue weighted by molar-refractivity contribution is 6.32. The number of aliphatic carboxylic acids is 1. The van der Waals surface area contributed by atoms with Crippen LogP contribution in [0, 0.1) is 0 Å². The van der Waals surface area contributed by atoms with Crippen LogP contribution in [0.4, 0.5) is 43.7 Å². The molecule has 0 aliphatic carbocycles. The van der Waals surface area contributed by atoms with E-state index in [0.717, 1.165) is 17.8 Å². The van der Waals surface area contributed by atoms with E-state index < -0.39 is 23.9 Å². The lowest BCUT2D eigenvalue weighted by molar-refractivity contribution is -0.192. The van der Waals surface area contributed by atoms with Crippen molar-refractivity contribution >= 4 is 46.9 Å². The monoisotopic (exact) mass is 683 g/mol. The Morgan fingerprint density at radius 2 is 1.83 bits per heavy atom. The van der Waals surface area contributed by atoms with E-state index in [0.29, 0.717) is 54.4 Å². The summed E-state index contributed by atoms with van der Waals surface area (Å²) in [6, 6.07) is 9.30. The zero-order valence-corrected chi connectivity index (χ0v) is 24.6. The van der Waals surface area contributed by atoms with Crippen molar-refractivity contribution in [3.63, 3.8) is 0 Å². The fourth-order valence-electron chi connectivity index (χ4n) is 4.02. The number of rotatable bonds is 8. The summed E-state index contributed by atoms with van der Waals surface area (Å²) >= 11 is 6.39. The number of aromatic amines is 1. The Bertz CT molecular complexity index is 1750. The Morgan fingerprint density at radius 1 is 1.06 bits per heavy atom. The summed E-state index contributed by atoms with van der Waals surface area (Å²) in [6.45, 7) is 0.957. The Balaban J connectivity index is 0.000000644. The number of fused-ring (bicyclic) bond motifs is 1. The molecule has 11 nitrogen and oxygen atoms in total. The number of carboxylic acid groups (broad SMARTS) is 1. The lowest BCUT2D eigenvalue weighted by Gasteiger charge is -2.14. The van der Waals surface area contributed by atoms with E-state index in [1.807, 2.05) is 0 Å². The maximum atomic E-state index is 13.0. The number of carbonyl (C=O) groups is 2. The number of anilines is 3. The maximum Gasteiger partial charge on any atom is 0.490 e. The molecule has 47 heavy (non-hydrogen) atoms. The molecule has 0 spiro atoms. The highest BCUT2D eigenvalue weighted by atomic mass is 35.5. The molecule has 2 aromatic heterocycles. The van der Waals surface area contributed by atoms with Crippen LogP contribution in [-0.2, 0) is 22.2 Å². The zero-order chi connectivity index (χ0) is 34.2. The van der Waals surface area contributed by atoms with Crippen LogP contribution in [0.2, 0.25) is 5.02 Å². The van der Waals surface area contributed by atoms with Crippen molar-refractivity contribution in [1.82, 2.24) is 25.3 Å². The van der Waals surface area contributed by atoms with Gasteiger partial charge in [-0.15, -0.1) is 0 Å². The van der Waals surface area contributed by atoms with E-state index in [1.165, 1.54) is 24.5 Å². The minimum absolute atomic E-state index is 0.00476. The van der Waals surface area contributed by atoms with E-state index in [9.17, 15) is 31.1 Å². The largest absolute Gasteiger partial charge is 0.490 e. The average Bonchev–Trinajstić information content (AvgIpc) is 3.42. The van der Waals surface area contributed by atoms with Crippen LogP contribution >= 0.6 is 11.6 Å². The van der Waals surface area contributed by atoms with Crippen molar-refractivity contribution in [2.75, 3.05) is 23.7 Å². The van der Waals surface area contributed by atoms with Gasteiger partial charge in [-0.3, -0.25) is 4.79 Å². The number of aromatic nitrogens is 4. The number of halogens is 7. The SMILES string of the molecule is O=C(NCCc1cnc[nH]1)C1=Cc2c(ncnc2Nc2ccc(Oc3cccc(C(F)(F)F)c3)c(Cl)c2)NCC1.O=C(O)C(F)(F)F. The number of nitrogens with one attached hydrogen (secondary N) is 4. The second kappa shape index (κ2) is 14.8. The van der Waals surface area contributed by atoms with Gasteiger partial charge in [-0.25, -0.2) is 19.7 Å². The fraction of sp³-hybridized carbons (Fsp3) is 0.207. The molecule has 0 bridgehead atoms. The molecule has 1 amide bonds. The summed E-state index contributed by atoms with van der Waals surface area (Å²) in [4.78, 5) is 37.4. The molecule has 0 atom stereocenters. The van der Waals surface area contributed by atoms with E-state index in [1.54, 1.807) is 30.7 Å². The van der Waals surface area contributed by atoms with Gasteiger partial charge >= 0.3 is 18.3 Å². The fourth-order valence-corrected chi connectivity index (χ4v) is 4.24. The lowest BCUT2D eigenvalue weighted by Crippen LogP contribution is -2.27. The van der Waals surface area contributed by atoms with Gasteiger partial charge in [0.15, 0.2) is 0 Å². The van der Waals surface area contributed by atoms with E-state index in [2.05, 4.69) is 35.9 Å². The lowest BCUT2D eigenvalue weighted by atomic mass is 10.1. The molecule has 0 radical (unpaired) electrons. The van der Waals surface area contributed by atoms with E-state index >= 15 is 0 Å². The van der Waals surface area contributed by atoms with Gasteiger partial charge in [-0.1, -0.05) is 17.7 Å². The van der Waals surface area contributed by atoms with Crippen molar-refractivity contribution in [3.8, 4) is 11.5 Å². The predicted molar refractivity (Wildman–Crippen MR) is 158 cm³/mol. The molecule has 1 aliphatic rings. The predicted octanol–water partition coefficient (Wildman–Crippen LogP) is 6.60. The first kappa shape index (κ1) is 34.6. The Morgan fingerprint density at radius 3 is 2.49 bits per heavy atom. The third-order valence-corrected chi connectivity index (χ3v) is 6.54. The molecule has 0 fully saturated rings. The quantitative estimate of drug-likeness (QED) is 0.129. The third-order valence-electron chi connectivity index (χ3n) is 6.24. The number of amides is 1. The average molecular weight is 684 g/mol. The molecule has 1 aliphatic heterocycles. The Kier molecular flexibility index (Phi) is 10.9. The number of hydrogen-bond donors (Lipinski definition) is 5. The first-order valence-corrected chi connectivity index (χ1v) is 13.8. The molecule has 5 N–H and O–H groups in total. The van der Waals surface area contributed by atoms with Gasteiger partial charge in [0, 0.05) is 42.7 Å². The highest BCUT2D eigenvalue weighted by Gasteiger charge is 2.38. The molecule has 5 rings (SSSR count). The van der Waals surface area contributed by atoms with Gasteiger partial charge in [0.1, 0.15) is 29.5 Å². The van der Waals surface area contributed by atoms with E-state index in [-0.39, 0.29) is 22.4 Å². The van der Waals surface area contributed by atoms with Gasteiger partial charge in [-0.05, 0) is 48.9 Å². The molecule has 4 aromatic rings. The number of benzene rings is 2. The topological polar surface area (TPSA) is 154 Å². The molecular formula is C29H24ClF6N7O4. The van der Waals surface area contributed by atoms with Crippen molar-refractivity contribution < 1.29 is 45.8 Å². The van der Waals surface area contributed by atoms with Gasteiger partial charge in [-0.2, -0.15) is 26.3 Å². The molecule has 18 heteroatoms. The Hall–Kier alpha value is -5.32. The molecule has 0 unspecified atom stereocenters. The minimum atomic E-state index is -5.08. The summed E-state index contributed by atoms with van der Waals surface area (Å²) in [5.74, 6) is -1.76. The van der Waals surface area contributed by atoms with Gasteiger partial charge < -0.3 is 30.8 Å². The molecule has 2 aromatic carbocycles. The van der Waals surface area contributed by atoms with Crippen LogP contribution in [0.25, 0.3) is 6.08 Å². The number of H-pyrrole nitrogens is 1. The second-order valence-electron chi connectivity index (χ2n) is 9.61. The van der Waals surface area contributed by atoms with Crippen molar-refractivity contribution in [1.29, 1.82) is 0 Å². The number of ether oxygens (including phenoxy) is 1. The Labute approximate surface area is 267 Å². The van der Waals surface area contributed by atoms with Crippen molar-refractivity contribution in [3.05, 3.63) is 88.7 Å². The number of alkyl halides is 6. The standard InChI is InChI=1S/C27H23ClF3N7O2.C2HF3O2/c28-22-12-18(4-5-23(22)40-20-3-1-2-17(11-20)27(29,30)31)38-25-21-10-16(6-8-33-24(21)36-15-37-25)26(39)34-9-7-19-13-32-14-35-19;3-2(4,5)1(6)7/h1-5,10-15H,6-9H2,(H,32,35)(H,34,39)(H2,33,36,37,38);(H,6,7). The van der Waals surface area contributed by atoms with Crippen LogP contribution in [0.15, 0.2) is 66.9 Å². The molecule has 0 saturated carbocycles. The molecular weight excluding hydrogens is 660 g/mol. The molecule has 0 saturated heterocycles. The summed E-state index contributed by atoms with van der Waals surface area (Å²) in [5.41, 5.74) is 1.81. The summed E-state index contributed by atoms with van der Waals surface area (Å²) in [5, 5.41) is 16.6. The number of imidazole rings is 1. The summed E-state index contributed by atoms with van der Waals surface area (Å²) in [6.07, 6.45) is -2.03. The first-order valence-electron chi connectivity index (χ1n) is 13.5. The van der Waals surface area contributed by atoms with Crippen LogP contribution in [0.5, 0.6) is 11.5 Å². The smallest absolute Gasteiger partial charge is 0.475 e. The third kappa shape index (κ3) is 9.83. The summed E-state index contributed by atoms with van der Waals surface area (Å²) in [7, 11) is 0. The maximum absolute atomic E-state index is 13.0. The molecule has 248 valence electrons. The highest BCUT2D eigenvalue weighted by Crippen LogP contribution is 2.36. The van der Waals surface area contributed by atoms with Crippen molar-refractivity contribution in [2.45, 2.75) is 25.2 Å². The number of hydrogen-bond acceptors (Lipinski definition) is 8. The van der Waals surface area contributed by atoms with Gasteiger partial charge in [0.2, 0.25) is 5.91 Å². The minimum Gasteiger partial charge on any atom is -0.475 e. The summed E-state index contributed by atoms with van der Waals surface area (Å²) < 4.78 is 76.4.